The van der Waals surface area contributed by atoms with Crippen LogP contribution in [-0.4, -0.2) is 22.0 Å². The largest absolute Gasteiger partial charge is 0.481 e. The lowest BCUT2D eigenvalue weighted by Crippen LogP contribution is -2.06. The fourth-order valence-corrected chi connectivity index (χ4v) is 1.24. The summed E-state index contributed by atoms with van der Waals surface area (Å²) in [6.07, 6.45) is -0.0664. The summed E-state index contributed by atoms with van der Waals surface area (Å²) in [5.74, 6) is -0.900. The summed E-state index contributed by atoms with van der Waals surface area (Å²) in [5.41, 5.74) is 1.73. The predicted molar refractivity (Wildman–Crippen MR) is 51.8 cm³/mol. The molecule has 1 aromatic rings. The molecule has 0 amide bonds. The highest BCUT2D eigenvalue weighted by Gasteiger charge is 2.08. The van der Waals surface area contributed by atoms with Crippen molar-refractivity contribution in [3.05, 3.63) is 35.4 Å². The van der Waals surface area contributed by atoms with Gasteiger partial charge in [0.2, 0.25) is 0 Å². The van der Waals surface area contributed by atoms with Gasteiger partial charge in [0.1, 0.15) is 0 Å². The topological polar surface area (TPSA) is 69.9 Å². The fourth-order valence-electron chi connectivity index (χ4n) is 1.24. The molecule has 0 aliphatic heterocycles. The van der Waals surface area contributed by atoms with Crippen LogP contribution in [0.3, 0.4) is 0 Å². The van der Waals surface area contributed by atoms with Gasteiger partial charge in [-0.05, 0) is 12.5 Å². The first kappa shape index (κ1) is 10.2. The van der Waals surface area contributed by atoms with E-state index in [4.69, 9.17) is 10.3 Å². The Balaban J connectivity index is 3.09. The van der Waals surface area contributed by atoms with Crippen molar-refractivity contribution in [3.8, 4) is 0 Å². The molecular weight excluding hydrogens is 182 g/mol. The number of carbonyl (C=O) groups is 1. The highest BCUT2D eigenvalue weighted by atomic mass is 16.4. The quantitative estimate of drug-likeness (QED) is 0.434. The SMILES string of the molecule is C/C(=N/O)c1ccccc1CC(=O)O. The first-order valence-corrected chi connectivity index (χ1v) is 4.14. The van der Waals surface area contributed by atoms with Gasteiger partial charge in [0.15, 0.2) is 0 Å². The Morgan fingerprint density at radius 1 is 1.43 bits per heavy atom. The monoisotopic (exact) mass is 193 g/mol. The zero-order valence-corrected chi connectivity index (χ0v) is 7.77. The van der Waals surface area contributed by atoms with Crippen LogP contribution in [0, 0.1) is 0 Å². The first-order valence-electron chi connectivity index (χ1n) is 4.14. The number of aliphatic carboxylic acids is 1. The van der Waals surface area contributed by atoms with Gasteiger partial charge >= 0.3 is 5.97 Å². The molecular formula is C10H11NO3. The Morgan fingerprint density at radius 2 is 2.07 bits per heavy atom. The molecule has 0 atom stereocenters. The van der Waals surface area contributed by atoms with E-state index in [1.807, 2.05) is 0 Å². The fraction of sp³-hybridized carbons (Fsp3) is 0.200. The van der Waals surface area contributed by atoms with Crippen LogP contribution in [0.5, 0.6) is 0 Å². The Hall–Kier alpha value is -1.84. The van der Waals surface area contributed by atoms with Crippen LogP contribution in [0.1, 0.15) is 18.1 Å². The minimum absolute atomic E-state index is 0.0664. The number of hydrogen-bond donors (Lipinski definition) is 2. The second kappa shape index (κ2) is 4.41. The molecule has 0 bridgehead atoms. The molecule has 0 heterocycles. The summed E-state index contributed by atoms with van der Waals surface area (Å²) < 4.78 is 0. The lowest BCUT2D eigenvalue weighted by molar-refractivity contribution is -0.136. The van der Waals surface area contributed by atoms with Crippen molar-refractivity contribution in [2.75, 3.05) is 0 Å². The van der Waals surface area contributed by atoms with E-state index in [1.165, 1.54) is 0 Å². The Labute approximate surface area is 81.5 Å². The molecule has 1 aromatic carbocycles. The molecule has 0 saturated heterocycles. The number of oxime groups is 1. The minimum atomic E-state index is -0.900. The highest BCUT2D eigenvalue weighted by molar-refractivity contribution is 6.00. The molecule has 0 radical (unpaired) electrons. The van der Waals surface area contributed by atoms with E-state index in [0.717, 1.165) is 0 Å². The van der Waals surface area contributed by atoms with Crippen molar-refractivity contribution in [1.29, 1.82) is 0 Å². The van der Waals surface area contributed by atoms with Gasteiger partial charge in [-0.3, -0.25) is 4.79 Å². The van der Waals surface area contributed by atoms with Gasteiger partial charge in [-0.2, -0.15) is 0 Å². The van der Waals surface area contributed by atoms with Gasteiger partial charge < -0.3 is 10.3 Å². The van der Waals surface area contributed by atoms with E-state index in [9.17, 15) is 4.79 Å². The molecule has 4 heteroatoms. The summed E-state index contributed by atoms with van der Waals surface area (Å²) in [7, 11) is 0. The van der Waals surface area contributed by atoms with Crippen molar-refractivity contribution in [3.63, 3.8) is 0 Å². The smallest absolute Gasteiger partial charge is 0.307 e. The first-order chi connectivity index (χ1) is 6.65. The number of carboxylic acid groups (broad SMARTS) is 1. The molecule has 0 spiro atoms. The van der Waals surface area contributed by atoms with Crippen LogP contribution >= 0.6 is 0 Å². The van der Waals surface area contributed by atoms with Crippen LogP contribution in [0.2, 0.25) is 0 Å². The Kier molecular flexibility index (Phi) is 3.23. The number of hydrogen-bond acceptors (Lipinski definition) is 3. The maximum atomic E-state index is 10.5. The van der Waals surface area contributed by atoms with Crippen LogP contribution < -0.4 is 0 Å². The van der Waals surface area contributed by atoms with E-state index >= 15 is 0 Å². The molecule has 1 rings (SSSR count). The number of benzene rings is 1. The third-order valence-electron chi connectivity index (χ3n) is 1.90. The molecule has 4 nitrogen and oxygen atoms in total. The molecule has 2 N–H and O–H groups in total. The van der Waals surface area contributed by atoms with Crippen LogP contribution in [0.15, 0.2) is 29.4 Å². The summed E-state index contributed by atoms with van der Waals surface area (Å²) in [6, 6.07) is 6.97. The number of nitrogens with zero attached hydrogens (tertiary/aromatic N) is 1. The lowest BCUT2D eigenvalue weighted by atomic mass is 10.0. The third-order valence-corrected chi connectivity index (χ3v) is 1.90. The summed E-state index contributed by atoms with van der Waals surface area (Å²) in [4.78, 5) is 10.5. The third kappa shape index (κ3) is 2.32. The molecule has 74 valence electrons. The molecule has 0 saturated carbocycles. The number of carboxylic acids is 1. The van der Waals surface area contributed by atoms with Crippen molar-refractivity contribution in [1.82, 2.24) is 0 Å². The summed E-state index contributed by atoms with van der Waals surface area (Å²) in [5, 5.41) is 20.3. The standard InChI is InChI=1S/C10H11NO3/c1-7(11-14)9-5-3-2-4-8(9)6-10(12)13/h2-5,14H,6H2,1H3,(H,12,13)/b11-7-. The van der Waals surface area contributed by atoms with Crippen molar-refractivity contribution < 1.29 is 15.1 Å². The van der Waals surface area contributed by atoms with E-state index in [-0.39, 0.29) is 6.42 Å². The maximum absolute atomic E-state index is 10.5. The van der Waals surface area contributed by atoms with E-state index in [1.54, 1.807) is 31.2 Å². The normalized spacial score (nSPS) is 11.4. The van der Waals surface area contributed by atoms with Crippen LogP contribution in [-0.2, 0) is 11.2 Å². The van der Waals surface area contributed by atoms with E-state index in [0.29, 0.717) is 16.8 Å². The maximum Gasteiger partial charge on any atom is 0.307 e. The average molecular weight is 193 g/mol. The highest BCUT2D eigenvalue weighted by Crippen LogP contribution is 2.10. The van der Waals surface area contributed by atoms with Gasteiger partial charge in [0, 0.05) is 5.56 Å². The minimum Gasteiger partial charge on any atom is -0.481 e. The number of rotatable bonds is 3. The van der Waals surface area contributed by atoms with E-state index in [2.05, 4.69) is 5.16 Å². The van der Waals surface area contributed by atoms with Crippen molar-refractivity contribution in [2.24, 2.45) is 5.16 Å². The Bertz CT molecular complexity index is 371. The summed E-state index contributed by atoms with van der Waals surface area (Å²) >= 11 is 0. The van der Waals surface area contributed by atoms with Gasteiger partial charge in [-0.15, -0.1) is 0 Å². The second-order valence-electron chi connectivity index (χ2n) is 2.91. The zero-order valence-electron chi connectivity index (χ0n) is 7.77. The van der Waals surface area contributed by atoms with E-state index < -0.39 is 5.97 Å². The average Bonchev–Trinajstić information content (AvgIpc) is 2.16. The molecule has 14 heavy (non-hydrogen) atoms. The van der Waals surface area contributed by atoms with Crippen molar-refractivity contribution in [2.45, 2.75) is 13.3 Å². The molecule has 0 fully saturated rings. The predicted octanol–water partition coefficient (Wildman–Crippen LogP) is 1.51. The molecule has 0 aliphatic carbocycles. The van der Waals surface area contributed by atoms with Crippen LogP contribution in [0.25, 0.3) is 0 Å². The van der Waals surface area contributed by atoms with Crippen LogP contribution in [0.4, 0.5) is 0 Å². The zero-order chi connectivity index (χ0) is 10.6. The summed E-state index contributed by atoms with van der Waals surface area (Å²) in [6.45, 7) is 1.63. The van der Waals surface area contributed by atoms with Gasteiger partial charge in [-0.1, -0.05) is 29.4 Å². The Morgan fingerprint density at radius 3 is 2.64 bits per heavy atom. The lowest BCUT2D eigenvalue weighted by Gasteiger charge is -2.04. The second-order valence-corrected chi connectivity index (χ2v) is 2.91. The van der Waals surface area contributed by atoms with Gasteiger partial charge in [0.25, 0.3) is 0 Å². The molecule has 0 aliphatic rings. The van der Waals surface area contributed by atoms with Crippen molar-refractivity contribution >= 4 is 11.7 Å². The molecule has 0 aromatic heterocycles. The molecule has 0 unspecified atom stereocenters. The van der Waals surface area contributed by atoms with Gasteiger partial charge in [-0.25, -0.2) is 0 Å². The van der Waals surface area contributed by atoms with Gasteiger partial charge in [0.05, 0.1) is 12.1 Å².